The maximum absolute atomic E-state index is 10.7. The first-order chi connectivity index (χ1) is 16.3. The van der Waals surface area contributed by atoms with Gasteiger partial charge in [-0.05, 0) is 66.9 Å². The summed E-state index contributed by atoms with van der Waals surface area (Å²) < 4.78 is 11.6. The molecule has 3 aromatic carbocycles. The molecule has 0 saturated heterocycles. The molecule has 3 rings (SSSR count). The predicted molar refractivity (Wildman–Crippen MR) is 137 cm³/mol. The first-order valence-electron chi connectivity index (χ1n) is 11.2. The lowest BCUT2D eigenvalue weighted by molar-refractivity contribution is 0.0281. The van der Waals surface area contributed by atoms with Crippen LogP contribution in [0.1, 0.15) is 16.7 Å². The zero-order valence-corrected chi connectivity index (χ0v) is 21.0. The van der Waals surface area contributed by atoms with E-state index in [1.807, 2.05) is 61.2 Å². The van der Waals surface area contributed by atoms with E-state index in [-0.39, 0.29) is 13.2 Å². The molecule has 3 aromatic rings. The maximum Gasteiger partial charge on any atom is 0.122 e. The third-order valence-electron chi connectivity index (χ3n) is 5.32. The average Bonchev–Trinajstić information content (AvgIpc) is 2.78. The monoisotopic (exact) mass is 503 g/mol. The summed E-state index contributed by atoms with van der Waals surface area (Å²) in [5.74, 6) is 1.37. The maximum atomic E-state index is 10.7. The van der Waals surface area contributed by atoms with Crippen LogP contribution in [0.4, 0.5) is 0 Å². The molecule has 0 aliphatic heterocycles. The number of hydrogen-bond acceptors (Lipinski definition) is 5. The number of nitrogens with zero attached hydrogens (tertiary/aromatic N) is 1. The molecule has 2 unspecified atom stereocenters. The van der Waals surface area contributed by atoms with Gasteiger partial charge in [0, 0.05) is 29.7 Å². The molecule has 0 saturated carbocycles. The standard InChI is InChI=1S/C27H31Cl2NO4/c1-19-12-22(28)8-10-26(19)33-17-24(31)15-30(14-21-6-4-3-5-7-21)16-25(32)18-34-27-11-9-23(29)13-20(27)2/h3-13,24-25,31-32H,14-18H2,1-2H3. The van der Waals surface area contributed by atoms with Gasteiger partial charge in [0.1, 0.15) is 36.9 Å². The van der Waals surface area contributed by atoms with Gasteiger partial charge in [-0.25, -0.2) is 0 Å². The molecule has 2 N–H and O–H groups in total. The summed E-state index contributed by atoms with van der Waals surface area (Å²) in [7, 11) is 0. The molecule has 0 amide bonds. The van der Waals surface area contributed by atoms with Crippen molar-refractivity contribution in [1.82, 2.24) is 4.90 Å². The van der Waals surface area contributed by atoms with Crippen LogP contribution in [0.5, 0.6) is 11.5 Å². The van der Waals surface area contributed by atoms with Crippen molar-refractivity contribution in [1.29, 1.82) is 0 Å². The molecule has 34 heavy (non-hydrogen) atoms. The van der Waals surface area contributed by atoms with Gasteiger partial charge in [-0.2, -0.15) is 0 Å². The Kier molecular flexibility index (Phi) is 10.1. The number of ether oxygens (including phenoxy) is 2. The highest BCUT2D eigenvalue weighted by Crippen LogP contribution is 2.23. The van der Waals surface area contributed by atoms with Crippen LogP contribution in [-0.4, -0.2) is 53.6 Å². The number of aliphatic hydroxyl groups is 2. The lowest BCUT2D eigenvalue weighted by Crippen LogP contribution is -2.41. The molecule has 0 spiro atoms. The van der Waals surface area contributed by atoms with Crippen LogP contribution in [0.3, 0.4) is 0 Å². The molecule has 0 radical (unpaired) electrons. The fourth-order valence-corrected chi connectivity index (χ4v) is 4.12. The lowest BCUT2D eigenvalue weighted by atomic mass is 10.2. The molecule has 182 valence electrons. The number of halogens is 2. The second-order valence-electron chi connectivity index (χ2n) is 8.43. The Labute approximate surface area is 211 Å². The van der Waals surface area contributed by atoms with Crippen molar-refractivity contribution in [3.05, 3.63) is 93.5 Å². The van der Waals surface area contributed by atoms with Gasteiger partial charge in [-0.3, -0.25) is 4.90 Å². The van der Waals surface area contributed by atoms with E-state index in [2.05, 4.69) is 0 Å². The van der Waals surface area contributed by atoms with E-state index < -0.39 is 12.2 Å². The summed E-state index contributed by atoms with van der Waals surface area (Å²) in [5.41, 5.74) is 2.91. The van der Waals surface area contributed by atoms with Gasteiger partial charge >= 0.3 is 0 Å². The summed E-state index contributed by atoms with van der Waals surface area (Å²) in [4.78, 5) is 2.00. The number of aliphatic hydroxyl groups excluding tert-OH is 2. The Bertz CT molecular complexity index is 985. The van der Waals surface area contributed by atoms with E-state index >= 15 is 0 Å². The molecular weight excluding hydrogens is 473 g/mol. The van der Waals surface area contributed by atoms with Crippen molar-refractivity contribution in [2.75, 3.05) is 26.3 Å². The number of benzene rings is 3. The minimum Gasteiger partial charge on any atom is -0.491 e. The number of aryl methyl sites for hydroxylation is 2. The minimum atomic E-state index is -0.745. The highest BCUT2D eigenvalue weighted by atomic mass is 35.5. The zero-order valence-electron chi connectivity index (χ0n) is 19.5. The normalized spacial score (nSPS) is 13.0. The molecule has 0 aliphatic rings. The molecule has 2 atom stereocenters. The van der Waals surface area contributed by atoms with Gasteiger partial charge in [0.25, 0.3) is 0 Å². The molecule has 7 heteroatoms. The molecule has 5 nitrogen and oxygen atoms in total. The van der Waals surface area contributed by atoms with E-state index in [4.69, 9.17) is 32.7 Å². The SMILES string of the molecule is Cc1cc(Cl)ccc1OCC(O)CN(Cc1ccccc1)CC(O)COc1ccc(Cl)cc1C. The predicted octanol–water partition coefficient (Wildman–Crippen LogP) is 5.29. The quantitative estimate of drug-likeness (QED) is 0.351. The molecule has 0 bridgehead atoms. The summed E-state index contributed by atoms with van der Waals surface area (Å²) in [6, 6.07) is 20.7. The lowest BCUT2D eigenvalue weighted by Gasteiger charge is -2.27. The van der Waals surface area contributed by atoms with Crippen LogP contribution in [0.15, 0.2) is 66.7 Å². The topological polar surface area (TPSA) is 62.2 Å². The van der Waals surface area contributed by atoms with E-state index in [1.54, 1.807) is 24.3 Å². The molecule has 0 fully saturated rings. The van der Waals surface area contributed by atoms with E-state index in [9.17, 15) is 10.2 Å². The fourth-order valence-electron chi connectivity index (χ4n) is 3.67. The van der Waals surface area contributed by atoms with E-state index in [1.165, 1.54) is 0 Å². The molecule has 0 aliphatic carbocycles. The van der Waals surface area contributed by atoms with Crippen molar-refractivity contribution in [3.8, 4) is 11.5 Å². The highest BCUT2D eigenvalue weighted by molar-refractivity contribution is 6.31. The van der Waals surface area contributed by atoms with Gasteiger partial charge in [0.2, 0.25) is 0 Å². The van der Waals surface area contributed by atoms with Crippen molar-refractivity contribution in [2.24, 2.45) is 0 Å². The first kappa shape index (κ1) is 26.3. The van der Waals surface area contributed by atoms with Gasteiger partial charge < -0.3 is 19.7 Å². The molecule has 0 heterocycles. The van der Waals surface area contributed by atoms with E-state index in [0.717, 1.165) is 16.7 Å². The van der Waals surface area contributed by atoms with Crippen molar-refractivity contribution >= 4 is 23.2 Å². The third-order valence-corrected chi connectivity index (χ3v) is 5.79. The van der Waals surface area contributed by atoms with Gasteiger partial charge in [0.05, 0.1) is 0 Å². The second-order valence-corrected chi connectivity index (χ2v) is 9.30. The Morgan fingerprint density at radius 1 is 0.735 bits per heavy atom. The molecular formula is C27H31Cl2NO4. The van der Waals surface area contributed by atoms with Gasteiger partial charge in [-0.15, -0.1) is 0 Å². The fraction of sp³-hybridized carbons (Fsp3) is 0.333. The van der Waals surface area contributed by atoms with E-state index in [0.29, 0.717) is 41.2 Å². The summed E-state index contributed by atoms with van der Waals surface area (Å²) in [6.45, 7) is 5.32. The van der Waals surface area contributed by atoms with Crippen molar-refractivity contribution in [2.45, 2.75) is 32.6 Å². The van der Waals surface area contributed by atoms with Crippen LogP contribution in [0.25, 0.3) is 0 Å². The third kappa shape index (κ3) is 8.49. The first-order valence-corrected chi connectivity index (χ1v) is 12.0. The highest BCUT2D eigenvalue weighted by Gasteiger charge is 2.18. The second kappa shape index (κ2) is 13.0. The summed E-state index contributed by atoms with van der Waals surface area (Å²) in [5, 5.41) is 22.6. The Balaban J connectivity index is 1.58. The smallest absolute Gasteiger partial charge is 0.122 e. The summed E-state index contributed by atoms with van der Waals surface area (Å²) in [6.07, 6.45) is -1.49. The van der Waals surface area contributed by atoms with Crippen LogP contribution >= 0.6 is 23.2 Å². The van der Waals surface area contributed by atoms with Crippen molar-refractivity contribution in [3.63, 3.8) is 0 Å². The minimum absolute atomic E-state index is 0.129. The van der Waals surface area contributed by atoms with Crippen LogP contribution in [0.2, 0.25) is 10.0 Å². The number of hydrogen-bond donors (Lipinski definition) is 2. The van der Waals surface area contributed by atoms with Crippen LogP contribution in [0, 0.1) is 13.8 Å². The number of rotatable bonds is 12. The van der Waals surface area contributed by atoms with Crippen molar-refractivity contribution < 1.29 is 19.7 Å². The van der Waals surface area contributed by atoms with Crippen LogP contribution < -0.4 is 9.47 Å². The Morgan fingerprint density at radius 3 is 1.65 bits per heavy atom. The van der Waals surface area contributed by atoms with Gasteiger partial charge in [-0.1, -0.05) is 53.5 Å². The Hall–Kier alpha value is -2.28. The molecule has 0 aromatic heterocycles. The Morgan fingerprint density at radius 2 is 1.21 bits per heavy atom. The largest absolute Gasteiger partial charge is 0.491 e. The summed E-state index contributed by atoms with van der Waals surface area (Å²) >= 11 is 12.0. The average molecular weight is 504 g/mol. The zero-order chi connectivity index (χ0) is 24.5. The van der Waals surface area contributed by atoms with Crippen LogP contribution in [-0.2, 0) is 6.54 Å². The van der Waals surface area contributed by atoms with Gasteiger partial charge in [0.15, 0.2) is 0 Å².